The number of benzene rings is 2. The van der Waals surface area contributed by atoms with Crippen molar-refractivity contribution in [3.05, 3.63) is 65.2 Å². The lowest BCUT2D eigenvalue weighted by atomic mass is 10.1. The molecule has 0 spiro atoms. The highest BCUT2D eigenvalue weighted by atomic mass is 16.4. The van der Waals surface area contributed by atoms with Crippen LogP contribution >= 0.6 is 0 Å². The second-order valence-corrected chi connectivity index (χ2v) is 4.91. The van der Waals surface area contributed by atoms with Crippen LogP contribution in [0.25, 0.3) is 0 Å². The van der Waals surface area contributed by atoms with Gasteiger partial charge in [0, 0.05) is 13.1 Å². The Bertz CT molecular complexity index is 687. The van der Waals surface area contributed by atoms with Crippen LogP contribution in [0.1, 0.15) is 21.5 Å². The number of para-hydroxylation sites is 1. The van der Waals surface area contributed by atoms with Crippen LogP contribution < -0.4 is 5.32 Å². The summed E-state index contributed by atoms with van der Waals surface area (Å²) in [5, 5.41) is 11.8. The van der Waals surface area contributed by atoms with Crippen LogP contribution in [0, 0.1) is 0 Å². The van der Waals surface area contributed by atoms with Gasteiger partial charge in [0.2, 0.25) is 0 Å². The minimum absolute atomic E-state index is 0.0857. The van der Waals surface area contributed by atoms with Gasteiger partial charge in [0.25, 0.3) is 0 Å². The van der Waals surface area contributed by atoms with Crippen molar-refractivity contribution in [3.8, 4) is 0 Å². The standard InChI is InChI=1S/C16H14N2O3/c19-15(20)13-7-3-4-8-14(13)17-16(21)18-9-11-5-1-2-6-12(11)10-18/h1-8H,9-10H2,(H,17,21)(H,19,20). The summed E-state index contributed by atoms with van der Waals surface area (Å²) in [4.78, 5) is 25.1. The molecule has 2 amide bonds. The molecule has 0 aromatic heterocycles. The topological polar surface area (TPSA) is 69.6 Å². The van der Waals surface area contributed by atoms with Gasteiger partial charge in [-0.3, -0.25) is 0 Å². The van der Waals surface area contributed by atoms with Gasteiger partial charge >= 0.3 is 12.0 Å². The van der Waals surface area contributed by atoms with Gasteiger partial charge in [-0.2, -0.15) is 0 Å². The zero-order chi connectivity index (χ0) is 14.8. The van der Waals surface area contributed by atoms with Crippen molar-refractivity contribution >= 4 is 17.7 Å². The molecule has 2 aromatic carbocycles. The molecule has 1 heterocycles. The highest BCUT2D eigenvalue weighted by Crippen LogP contribution is 2.23. The third-order valence-corrected chi connectivity index (χ3v) is 3.53. The predicted molar refractivity (Wildman–Crippen MR) is 78.1 cm³/mol. The molecule has 1 aliphatic rings. The van der Waals surface area contributed by atoms with E-state index in [0.29, 0.717) is 18.8 Å². The van der Waals surface area contributed by atoms with Gasteiger partial charge in [-0.05, 0) is 23.3 Å². The maximum Gasteiger partial charge on any atom is 0.337 e. The first kappa shape index (κ1) is 13.2. The number of rotatable bonds is 2. The predicted octanol–water partition coefficient (Wildman–Crippen LogP) is 2.93. The molecule has 0 atom stereocenters. The summed E-state index contributed by atoms with van der Waals surface area (Å²) in [5.41, 5.74) is 2.65. The zero-order valence-corrected chi connectivity index (χ0v) is 11.2. The number of nitrogens with one attached hydrogen (secondary N) is 1. The Hall–Kier alpha value is -2.82. The average molecular weight is 282 g/mol. The molecule has 5 nitrogen and oxygen atoms in total. The molecule has 106 valence electrons. The van der Waals surface area contributed by atoms with E-state index in [9.17, 15) is 9.59 Å². The first-order chi connectivity index (χ1) is 10.1. The summed E-state index contributed by atoms with van der Waals surface area (Å²) < 4.78 is 0. The number of nitrogens with zero attached hydrogens (tertiary/aromatic N) is 1. The minimum Gasteiger partial charge on any atom is -0.478 e. The number of fused-ring (bicyclic) bond motifs is 1. The van der Waals surface area contributed by atoms with Crippen LogP contribution in [0.5, 0.6) is 0 Å². The molecule has 2 N–H and O–H groups in total. The molecule has 0 unspecified atom stereocenters. The highest BCUT2D eigenvalue weighted by Gasteiger charge is 2.23. The van der Waals surface area contributed by atoms with E-state index in [1.807, 2.05) is 24.3 Å². The smallest absolute Gasteiger partial charge is 0.337 e. The van der Waals surface area contributed by atoms with Gasteiger partial charge in [-0.15, -0.1) is 0 Å². The Morgan fingerprint density at radius 1 is 0.952 bits per heavy atom. The third kappa shape index (κ3) is 2.58. The number of urea groups is 1. The molecule has 5 heteroatoms. The summed E-state index contributed by atoms with van der Waals surface area (Å²) in [6, 6.07) is 14.0. The number of amides is 2. The van der Waals surface area contributed by atoms with Crippen molar-refractivity contribution < 1.29 is 14.7 Å². The van der Waals surface area contributed by atoms with Gasteiger partial charge in [0.05, 0.1) is 11.3 Å². The van der Waals surface area contributed by atoms with Gasteiger partial charge in [-0.1, -0.05) is 36.4 Å². The first-order valence-corrected chi connectivity index (χ1v) is 6.60. The summed E-state index contributed by atoms with van der Waals surface area (Å²) in [7, 11) is 0. The van der Waals surface area contributed by atoms with Crippen LogP contribution in [-0.2, 0) is 13.1 Å². The van der Waals surface area contributed by atoms with Crippen molar-refractivity contribution in [3.63, 3.8) is 0 Å². The van der Waals surface area contributed by atoms with E-state index in [4.69, 9.17) is 5.11 Å². The molecular formula is C16H14N2O3. The first-order valence-electron chi connectivity index (χ1n) is 6.60. The number of hydrogen-bond acceptors (Lipinski definition) is 2. The quantitative estimate of drug-likeness (QED) is 0.889. The Morgan fingerprint density at radius 2 is 1.52 bits per heavy atom. The lowest BCUT2D eigenvalue weighted by Crippen LogP contribution is -2.30. The van der Waals surface area contributed by atoms with E-state index in [-0.39, 0.29) is 11.6 Å². The van der Waals surface area contributed by atoms with Crippen molar-refractivity contribution in [2.75, 3.05) is 5.32 Å². The number of hydrogen-bond donors (Lipinski definition) is 2. The summed E-state index contributed by atoms with van der Waals surface area (Å²) in [6.45, 7) is 1.08. The minimum atomic E-state index is -1.06. The van der Waals surface area contributed by atoms with Crippen molar-refractivity contribution in [2.45, 2.75) is 13.1 Å². The van der Waals surface area contributed by atoms with E-state index in [1.165, 1.54) is 6.07 Å². The number of carboxylic acids is 1. The molecular weight excluding hydrogens is 268 g/mol. The Labute approximate surface area is 121 Å². The summed E-state index contributed by atoms with van der Waals surface area (Å²) in [6.07, 6.45) is 0. The van der Waals surface area contributed by atoms with Crippen LogP contribution in [0.2, 0.25) is 0 Å². The molecule has 0 bridgehead atoms. The van der Waals surface area contributed by atoms with Crippen molar-refractivity contribution in [2.24, 2.45) is 0 Å². The molecule has 0 fully saturated rings. The lowest BCUT2D eigenvalue weighted by Gasteiger charge is -2.17. The maximum absolute atomic E-state index is 12.3. The van der Waals surface area contributed by atoms with Crippen LogP contribution in [0.15, 0.2) is 48.5 Å². The second-order valence-electron chi connectivity index (χ2n) is 4.91. The van der Waals surface area contributed by atoms with Gasteiger partial charge in [-0.25, -0.2) is 9.59 Å². The number of carboxylic acid groups (broad SMARTS) is 1. The van der Waals surface area contributed by atoms with Gasteiger partial charge < -0.3 is 15.3 Å². The second kappa shape index (κ2) is 5.28. The fourth-order valence-corrected chi connectivity index (χ4v) is 2.45. The molecule has 0 aliphatic carbocycles. The molecule has 0 saturated carbocycles. The Balaban J connectivity index is 1.76. The maximum atomic E-state index is 12.3. The number of anilines is 1. The largest absolute Gasteiger partial charge is 0.478 e. The zero-order valence-electron chi connectivity index (χ0n) is 11.2. The van der Waals surface area contributed by atoms with Crippen LogP contribution in [0.3, 0.4) is 0 Å². The van der Waals surface area contributed by atoms with E-state index in [2.05, 4.69) is 5.32 Å². The van der Waals surface area contributed by atoms with E-state index in [1.54, 1.807) is 23.1 Å². The molecule has 2 aromatic rings. The third-order valence-electron chi connectivity index (χ3n) is 3.53. The number of carbonyl (C=O) groups is 2. The SMILES string of the molecule is O=C(O)c1ccccc1NC(=O)N1Cc2ccccc2C1. The van der Waals surface area contributed by atoms with Crippen molar-refractivity contribution in [1.82, 2.24) is 4.90 Å². The van der Waals surface area contributed by atoms with E-state index in [0.717, 1.165) is 11.1 Å². The van der Waals surface area contributed by atoms with Crippen LogP contribution in [-0.4, -0.2) is 22.0 Å². The van der Waals surface area contributed by atoms with E-state index < -0.39 is 5.97 Å². The fourth-order valence-electron chi connectivity index (χ4n) is 2.45. The Kier molecular flexibility index (Phi) is 3.31. The lowest BCUT2D eigenvalue weighted by molar-refractivity contribution is 0.0698. The van der Waals surface area contributed by atoms with Gasteiger partial charge in [0.1, 0.15) is 0 Å². The molecule has 1 aliphatic heterocycles. The summed E-state index contributed by atoms with van der Waals surface area (Å²) >= 11 is 0. The van der Waals surface area contributed by atoms with Crippen molar-refractivity contribution in [1.29, 1.82) is 0 Å². The van der Waals surface area contributed by atoms with E-state index >= 15 is 0 Å². The van der Waals surface area contributed by atoms with Gasteiger partial charge in [0.15, 0.2) is 0 Å². The molecule has 21 heavy (non-hydrogen) atoms. The highest BCUT2D eigenvalue weighted by molar-refractivity contribution is 6.00. The number of carbonyl (C=O) groups excluding carboxylic acids is 1. The monoisotopic (exact) mass is 282 g/mol. The fraction of sp³-hybridized carbons (Fsp3) is 0.125. The summed E-state index contributed by atoms with van der Waals surface area (Å²) in [5.74, 6) is -1.06. The number of aromatic carboxylic acids is 1. The van der Waals surface area contributed by atoms with Crippen LogP contribution in [0.4, 0.5) is 10.5 Å². The normalized spacial score (nSPS) is 12.9. The Morgan fingerprint density at radius 3 is 2.14 bits per heavy atom. The molecule has 0 saturated heterocycles. The molecule has 3 rings (SSSR count). The molecule has 0 radical (unpaired) electrons. The average Bonchev–Trinajstić information content (AvgIpc) is 2.91.